The highest BCUT2D eigenvalue weighted by atomic mass is 32.1. The summed E-state index contributed by atoms with van der Waals surface area (Å²) in [7, 11) is 1.65. The lowest BCUT2D eigenvalue weighted by Gasteiger charge is -2.08. The van der Waals surface area contributed by atoms with E-state index in [2.05, 4.69) is 33.6 Å². The molecule has 164 valence electrons. The first-order valence-corrected chi connectivity index (χ1v) is 11.2. The van der Waals surface area contributed by atoms with Crippen molar-refractivity contribution >= 4 is 22.4 Å². The molecule has 0 aliphatic carbocycles. The van der Waals surface area contributed by atoms with Crippen molar-refractivity contribution in [2.75, 3.05) is 12.4 Å². The van der Waals surface area contributed by atoms with Crippen LogP contribution in [0.1, 0.15) is 44.8 Å². The van der Waals surface area contributed by atoms with Crippen LogP contribution in [-0.2, 0) is 12.8 Å². The average molecular weight is 448 g/mol. The Hall–Kier alpha value is -3.52. The minimum Gasteiger partial charge on any atom is -0.497 e. The van der Waals surface area contributed by atoms with E-state index in [1.165, 1.54) is 11.3 Å². The van der Waals surface area contributed by atoms with E-state index in [0.29, 0.717) is 16.5 Å². The molecule has 0 saturated carbocycles. The molecular formula is C24H25N5O2S. The third-order valence-electron chi connectivity index (χ3n) is 5.35. The highest BCUT2D eigenvalue weighted by molar-refractivity contribution is 7.15. The molecule has 2 heterocycles. The van der Waals surface area contributed by atoms with Gasteiger partial charge in [0.1, 0.15) is 5.75 Å². The number of anilines is 1. The maximum Gasteiger partial charge on any atom is 0.279 e. The topological polar surface area (TPSA) is 81.9 Å². The predicted octanol–water partition coefficient (Wildman–Crippen LogP) is 4.75. The molecule has 0 fully saturated rings. The molecule has 0 saturated heterocycles. The van der Waals surface area contributed by atoms with Gasteiger partial charge in [-0.2, -0.15) is 0 Å². The number of benzene rings is 2. The summed E-state index contributed by atoms with van der Waals surface area (Å²) in [5, 5.41) is 11.8. The monoisotopic (exact) mass is 447 g/mol. The van der Waals surface area contributed by atoms with Gasteiger partial charge in [0.15, 0.2) is 10.8 Å². The van der Waals surface area contributed by atoms with Crippen molar-refractivity contribution in [3.63, 3.8) is 0 Å². The Kier molecular flexibility index (Phi) is 6.32. The molecule has 8 heteroatoms. The van der Waals surface area contributed by atoms with Crippen LogP contribution in [-0.4, -0.2) is 33.0 Å². The Balaban J connectivity index is 1.51. The second kappa shape index (κ2) is 9.32. The van der Waals surface area contributed by atoms with Crippen LogP contribution in [0, 0.1) is 13.8 Å². The Labute approximate surface area is 191 Å². The van der Waals surface area contributed by atoms with E-state index >= 15 is 0 Å². The van der Waals surface area contributed by atoms with Crippen LogP contribution in [0.2, 0.25) is 0 Å². The first-order valence-electron chi connectivity index (χ1n) is 10.4. The number of rotatable bonds is 7. The lowest BCUT2D eigenvalue weighted by molar-refractivity contribution is 0.102. The summed E-state index contributed by atoms with van der Waals surface area (Å²) < 4.78 is 6.93. The van der Waals surface area contributed by atoms with Crippen molar-refractivity contribution < 1.29 is 9.53 Å². The molecule has 0 bridgehead atoms. The highest BCUT2D eigenvalue weighted by Crippen LogP contribution is 2.27. The molecule has 0 aliphatic rings. The van der Waals surface area contributed by atoms with Crippen LogP contribution in [0.5, 0.6) is 5.75 Å². The zero-order valence-corrected chi connectivity index (χ0v) is 19.4. The fourth-order valence-corrected chi connectivity index (χ4v) is 4.51. The number of nitrogens with one attached hydrogen (secondary N) is 1. The molecule has 1 amide bonds. The van der Waals surface area contributed by atoms with E-state index in [1.54, 1.807) is 11.8 Å². The number of methoxy groups -OCH3 is 1. The summed E-state index contributed by atoms with van der Waals surface area (Å²) in [6, 6.07) is 15.9. The molecular weight excluding hydrogens is 422 g/mol. The third-order valence-corrected chi connectivity index (χ3v) is 6.42. The molecule has 1 N–H and O–H groups in total. The Bertz CT molecular complexity index is 1240. The number of amides is 1. The van der Waals surface area contributed by atoms with Gasteiger partial charge < -0.3 is 4.74 Å². The standard InChI is InChI=1S/C24H25N5O2S/c1-5-18-8-6-7-9-20(18)29-16(3)22(27-28-29)23(30)26-24-25-15(2)21(32-24)14-17-10-12-19(31-4)13-11-17/h6-13H,5,14H2,1-4H3,(H,25,26,30). The van der Waals surface area contributed by atoms with Crippen LogP contribution in [0.25, 0.3) is 5.69 Å². The lowest BCUT2D eigenvalue weighted by Crippen LogP contribution is -2.14. The molecule has 7 nitrogen and oxygen atoms in total. The third kappa shape index (κ3) is 4.40. The number of aryl methyl sites for hydroxylation is 2. The van der Waals surface area contributed by atoms with Gasteiger partial charge in [0.05, 0.1) is 24.2 Å². The maximum atomic E-state index is 12.9. The molecule has 4 aromatic rings. The van der Waals surface area contributed by atoms with Crippen molar-refractivity contribution in [3.8, 4) is 11.4 Å². The molecule has 0 radical (unpaired) electrons. The van der Waals surface area contributed by atoms with Gasteiger partial charge in [-0.25, -0.2) is 9.67 Å². The summed E-state index contributed by atoms with van der Waals surface area (Å²) in [6.07, 6.45) is 1.61. The fraction of sp³-hybridized carbons (Fsp3) is 0.250. The molecule has 0 unspecified atom stereocenters. The normalized spacial score (nSPS) is 10.9. The van der Waals surface area contributed by atoms with Crippen molar-refractivity contribution in [2.45, 2.75) is 33.6 Å². The van der Waals surface area contributed by atoms with E-state index in [-0.39, 0.29) is 5.91 Å². The van der Waals surface area contributed by atoms with Crippen LogP contribution in [0.4, 0.5) is 5.13 Å². The Morgan fingerprint density at radius 1 is 1.12 bits per heavy atom. The molecule has 32 heavy (non-hydrogen) atoms. The molecule has 2 aromatic carbocycles. The molecule has 4 rings (SSSR count). The van der Waals surface area contributed by atoms with E-state index < -0.39 is 0 Å². The molecule has 0 aliphatic heterocycles. The van der Waals surface area contributed by atoms with Crippen LogP contribution >= 0.6 is 11.3 Å². The van der Waals surface area contributed by atoms with E-state index in [9.17, 15) is 4.79 Å². The average Bonchev–Trinajstić information content (AvgIpc) is 3.35. The molecule has 2 aromatic heterocycles. The second-order valence-electron chi connectivity index (χ2n) is 7.42. The number of ether oxygens (including phenoxy) is 1. The van der Waals surface area contributed by atoms with Gasteiger partial charge in [-0.15, -0.1) is 16.4 Å². The van der Waals surface area contributed by atoms with Gasteiger partial charge in [0.2, 0.25) is 0 Å². The SMILES string of the molecule is CCc1ccccc1-n1nnc(C(=O)Nc2nc(C)c(Cc3ccc(OC)cc3)s2)c1C. The van der Waals surface area contributed by atoms with Gasteiger partial charge in [-0.1, -0.05) is 42.5 Å². The number of hydrogen-bond acceptors (Lipinski definition) is 6. The van der Waals surface area contributed by atoms with Gasteiger partial charge in [0, 0.05) is 11.3 Å². The van der Waals surface area contributed by atoms with Crippen LogP contribution in [0.3, 0.4) is 0 Å². The van der Waals surface area contributed by atoms with Crippen molar-refractivity contribution in [3.05, 3.63) is 81.6 Å². The number of nitrogens with zero attached hydrogens (tertiary/aromatic N) is 4. The van der Waals surface area contributed by atoms with Gasteiger partial charge in [0.25, 0.3) is 5.91 Å². The zero-order valence-electron chi connectivity index (χ0n) is 18.5. The summed E-state index contributed by atoms with van der Waals surface area (Å²) in [6.45, 7) is 5.89. The van der Waals surface area contributed by atoms with E-state index in [1.807, 2.05) is 56.3 Å². The van der Waals surface area contributed by atoms with Crippen molar-refractivity contribution in [1.29, 1.82) is 0 Å². The number of carbonyl (C=O) groups is 1. The number of aromatic nitrogens is 4. The van der Waals surface area contributed by atoms with E-state index in [4.69, 9.17) is 4.74 Å². The maximum absolute atomic E-state index is 12.9. The van der Waals surface area contributed by atoms with E-state index in [0.717, 1.165) is 46.0 Å². The smallest absolute Gasteiger partial charge is 0.279 e. The zero-order chi connectivity index (χ0) is 22.7. The van der Waals surface area contributed by atoms with Crippen molar-refractivity contribution in [2.24, 2.45) is 0 Å². The lowest BCUT2D eigenvalue weighted by atomic mass is 10.1. The first kappa shape index (κ1) is 21.7. The predicted molar refractivity (Wildman–Crippen MR) is 126 cm³/mol. The summed E-state index contributed by atoms with van der Waals surface area (Å²) in [5.74, 6) is 0.514. The van der Waals surface area contributed by atoms with Gasteiger partial charge in [-0.3, -0.25) is 10.1 Å². The first-order chi connectivity index (χ1) is 15.5. The fourth-order valence-electron chi connectivity index (χ4n) is 3.51. The Morgan fingerprint density at radius 3 is 2.59 bits per heavy atom. The number of para-hydroxylation sites is 1. The van der Waals surface area contributed by atoms with Gasteiger partial charge in [-0.05, 0) is 49.6 Å². The molecule has 0 atom stereocenters. The minimum absolute atomic E-state index is 0.292. The van der Waals surface area contributed by atoms with Crippen LogP contribution in [0.15, 0.2) is 48.5 Å². The summed E-state index contributed by atoms with van der Waals surface area (Å²) >= 11 is 1.47. The van der Waals surface area contributed by atoms with Crippen molar-refractivity contribution in [1.82, 2.24) is 20.0 Å². The summed E-state index contributed by atoms with van der Waals surface area (Å²) in [5.41, 5.74) is 5.12. The van der Waals surface area contributed by atoms with Crippen LogP contribution < -0.4 is 10.1 Å². The number of hydrogen-bond donors (Lipinski definition) is 1. The number of carbonyl (C=O) groups excluding carboxylic acids is 1. The summed E-state index contributed by atoms with van der Waals surface area (Å²) in [4.78, 5) is 18.5. The minimum atomic E-state index is -0.313. The second-order valence-corrected chi connectivity index (χ2v) is 8.51. The quantitative estimate of drug-likeness (QED) is 0.442. The van der Waals surface area contributed by atoms with Gasteiger partial charge >= 0.3 is 0 Å². The molecule has 0 spiro atoms. The largest absolute Gasteiger partial charge is 0.497 e. The highest BCUT2D eigenvalue weighted by Gasteiger charge is 2.20. The number of thiazole rings is 1. The Morgan fingerprint density at radius 2 is 1.88 bits per heavy atom.